The summed E-state index contributed by atoms with van der Waals surface area (Å²) in [6.07, 6.45) is 5.62. The van der Waals surface area contributed by atoms with Gasteiger partial charge in [-0.15, -0.1) is 0 Å². The van der Waals surface area contributed by atoms with Gasteiger partial charge in [0.15, 0.2) is 0 Å². The molecule has 0 unspecified atom stereocenters. The third kappa shape index (κ3) is 2.03. The Labute approximate surface area is 107 Å². The van der Waals surface area contributed by atoms with Gasteiger partial charge in [0.2, 0.25) is 0 Å². The number of aryl methyl sites for hydroxylation is 1. The first-order valence-corrected chi connectivity index (χ1v) is 6.69. The minimum atomic E-state index is -0.119. The number of benzene rings is 1. The Morgan fingerprint density at radius 1 is 1.33 bits per heavy atom. The lowest BCUT2D eigenvalue weighted by molar-refractivity contribution is 0.373. The quantitative estimate of drug-likeness (QED) is 0.862. The first kappa shape index (κ1) is 11.7. The van der Waals surface area contributed by atoms with Crippen LogP contribution in [0.25, 0.3) is 10.9 Å². The van der Waals surface area contributed by atoms with Crippen LogP contribution >= 0.6 is 0 Å². The second-order valence-corrected chi connectivity index (χ2v) is 5.30. The molecule has 1 N–H and O–H groups in total. The summed E-state index contributed by atoms with van der Waals surface area (Å²) in [5.41, 5.74) is 2.03. The van der Waals surface area contributed by atoms with Gasteiger partial charge in [0.05, 0.1) is 5.52 Å². The molecule has 2 aromatic rings. The molecule has 1 aliphatic heterocycles. The molecule has 1 saturated heterocycles. The Bertz CT molecular complexity index is 553. The molecular weight excluding hydrogens is 227 g/mol. The number of piperidine rings is 1. The van der Waals surface area contributed by atoms with Crippen molar-refractivity contribution in [3.63, 3.8) is 0 Å². The zero-order valence-corrected chi connectivity index (χ0v) is 10.7. The fourth-order valence-electron chi connectivity index (χ4n) is 3.06. The molecule has 96 valence electrons. The molecule has 1 aliphatic rings. The molecule has 2 heterocycles. The van der Waals surface area contributed by atoms with Gasteiger partial charge in [-0.2, -0.15) is 0 Å². The van der Waals surface area contributed by atoms with E-state index >= 15 is 0 Å². The molecule has 0 atom stereocenters. The predicted molar refractivity (Wildman–Crippen MR) is 72.2 cm³/mol. The van der Waals surface area contributed by atoms with E-state index in [-0.39, 0.29) is 5.82 Å². The highest BCUT2D eigenvalue weighted by molar-refractivity contribution is 5.84. The van der Waals surface area contributed by atoms with E-state index in [9.17, 15) is 4.39 Å². The molecule has 0 spiro atoms. The zero-order valence-electron chi connectivity index (χ0n) is 10.7. The largest absolute Gasteiger partial charge is 0.348 e. The van der Waals surface area contributed by atoms with Gasteiger partial charge in [0.1, 0.15) is 5.82 Å². The highest BCUT2D eigenvalue weighted by Crippen LogP contribution is 2.27. The molecular formula is C15H19FN2. The zero-order chi connectivity index (χ0) is 12.5. The summed E-state index contributed by atoms with van der Waals surface area (Å²) in [4.78, 5) is 0. The summed E-state index contributed by atoms with van der Waals surface area (Å²) in [6.45, 7) is 2.23. The second-order valence-electron chi connectivity index (χ2n) is 5.30. The maximum absolute atomic E-state index is 13.8. The second kappa shape index (κ2) is 4.73. The lowest BCUT2D eigenvalue weighted by Crippen LogP contribution is -2.28. The third-order valence-corrected chi connectivity index (χ3v) is 4.00. The molecule has 1 fully saturated rings. The fourth-order valence-corrected chi connectivity index (χ4v) is 3.06. The predicted octanol–water partition coefficient (Wildman–Crippen LogP) is 2.86. The van der Waals surface area contributed by atoms with Crippen molar-refractivity contribution in [3.05, 3.63) is 35.8 Å². The van der Waals surface area contributed by atoms with Crippen molar-refractivity contribution >= 4 is 10.9 Å². The number of nitrogens with one attached hydrogen (secondary N) is 1. The average Bonchev–Trinajstić information content (AvgIpc) is 2.69. The van der Waals surface area contributed by atoms with Crippen molar-refractivity contribution in [2.45, 2.75) is 19.3 Å². The number of hydrogen-bond acceptors (Lipinski definition) is 1. The SMILES string of the molecule is Cn1cc(CC2CCNCC2)c2cccc(F)c21. The Balaban J connectivity index is 1.94. The molecule has 0 amide bonds. The van der Waals surface area contributed by atoms with Crippen molar-refractivity contribution in [1.82, 2.24) is 9.88 Å². The molecule has 0 aliphatic carbocycles. The molecule has 1 aromatic heterocycles. The normalized spacial score (nSPS) is 17.4. The van der Waals surface area contributed by atoms with Crippen molar-refractivity contribution in [2.75, 3.05) is 13.1 Å². The van der Waals surface area contributed by atoms with Gasteiger partial charge < -0.3 is 9.88 Å². The van der Waals surface area contributed by atoms with Crippen molar-refractivity contribution in [2.24, 2.45) is 13.0 Å². The van der Waals surface area contributed by atoms with Crippen LogP contribution in [0.3, 0.4) is 0 Å². The van der Waals surface area contributed by atoms with Crippen LogP contribution in [0, 0.1) is 11.7 Å². The molecule has 1 aromatic carbocycles. The molecule has 3 rings (SSSR count). The molecule has 2 nitrogen and oxygen atoms in total. The van der Waals surface area contributed by atoms with Crippen LogP contribution in [0.2, 0.25) is 0 Å². The van der Waals surface area contributed by atoms with Crippen molar-refractivity contribution in [1.29, 1.82) is 0 Å². The van der Waals surface area contributed by atoms with Crippen LogP contribution < -0.4 is 5.32 Å². The van der Waals surface area contributed by atoms with Gasteiger partial charge in [0, 0.05) is 18.6 Å². The number of halogens is 1. The summed E-state index contributed by atoms with van der Waals surface area (Å²) in [6, 6.07) is 5.38. The van der Waals surface area contributed by atoms with Gasteiger partial charge in [-0.1, -0.05) is 12.1 Å². The van der Waals surface area contributed by atoms with E-state index in [0.717, 1.165) is 36.3 Å². The highest BCUT2D eigenvalue weighted by atomic mass is 19.1. The van der Waals surface area contributed by atoms with Crippen LogP contribution in [0.4, 0.5) is 4.39 Å². The summed E-state index contributed by atoms with van der Waals surface area (Å²) in [5, 5.41) is 4.47. The Morgan fingerprint density at radius 3 is 2.89 bits per heavy atom. The van der Waals surface area contributed by atoms with E-state index in [1.54, 1.807) is 0 Å². The van der Waals surface area contributed by atoms with E-state index in [1.807, 2.05) is 23.7 Å². The van der Waals surface area contributed by atoms with Crippen LogP contribution in [-0.2, 0) is 13.5 Å². The van der Waals surface area contributed by atoms with Crippen molar-refractivity contribution < 1.29 is 4.39 Å². The number of aromatic nitrogens is 1. The topological polar surface area (TPSA) is 17.0 Å². The number of fused-ring (bicyclic) bond motifs is 1. The molecule has 3 heteroatoms. The van der Waals surface area contributed by atoms with Gasteiger partial charge in [-0.05, 0) is 49.9 Å². The minimum Gasteiger partial charge on any atom is -0.348 e. The smallest absolute Gasteiger partial charge is 0.147 e. The number of hydrogen-bond donors (Lipinski definition) is 1. The standard InChI is InChI=1S/C15H19FN2/c1-18-10-12(9-11-5-7-17-8-6-11)13-3-2-4-14(16)15(13)18/h2-4,10-11,17H,5-9H2,1H3. The number of rotatable bonds is 2. The Kier molecular flexibility index (Phi) is 3.08. The van der Waals surface area contributed by atoms with E-state index in [4.69, 9.17) is 0 Å². The summed E-state index contributed by atoms with van der Waals surface area (Å²) in [5.74, 6) is 0.617. The summed E-state index contributed by atoms with van der Waals surface area (Å²) < 4.78 is 15.7. The molecule has 0 bridgehead atoms. The number of nitrogens with zero attached hydrogens (tertiary/aromatic N) is 1. The van der Waals surface area contributed by atoms with Gasteiger partial charge in [-0.3, -0.25) is 0 Å². The van der Waals surface area contributed by atoms with E-state index in [1.165, 1.54) is 24.5 Å². The van der Waals surface area contributed by atoms with Crippen LogP contribution in [0.5, 0.6) is 0 Å². The molecule has 0 saturated carbocycles. The summed E-state index contributed by atoms with van der Waals surface area (Å²) in [7, 11) is 1.93. The maximum Gasteiger partial charge on any atom is 0.147 e. The molecule has 18 heavy (non-hydrogen) atoms. The third-order valence-electron chi connectivity index (χ3n) is 4.00. The van der Waals surface area contributed by atoms with Crippen LogP contribution in [-0.4, -0.2) is 17.7 Å². The Morgan fingerprint density at radius 2 is 2.11 bits per heavy atom. The lowest BCUT2D eigenvalue weighted by atomic mass is 9.91. The lowest BCUT2D eigenvalue weighted by Gasteiger charge is -2.22. The van der Waals surface area contributed by atoms with Gasteiger partial charge in [0.25, 0.3) is 0 Å². The van der Waals surface area contributed by atoms with Crippen LogP contribution in [0.15, 0.2) is 24.4 Å². The fraction of sp³-hybridized carbons (Fsp3) is 0.467. The number of para-hydroxylation sites is 1. The highest BCUT2D eigenvalue weighted by Gasteiger charge is 2.17. The minimum absolute atomic E-state index is 0.119. The van der Waals surface area contributed by atoms with E-state index in [2.05, 4.69) is 11.5 Å². The maximum atomic E-state index is 13.8. The van der Waals surface area contributed by atoms with E-state index < -0.39 is 0 Å². The van der Waals surface area contributed by atoms with Gasteiger partial charge in [-0.25, -0.2) is 4.39 Å². The first-order valence-electron chi connectivity index (χ1n) is 6.69. The van der Waals surface area contributed by atoms with Crippen LogP contribution in [0.1, 0.15) is 18.4 Å². The Hall–Kier alpha value is -1.35. The first-order chi connectivity index (χ1) is 8.75. The molecule has 0 radical (unpaired) electrons. The monoisotopic (exact) mass is 246 g/mol. The van der Waals surface area contributed by atoms with Gasteiger partial charge >= 0.3 is 0 Å². The van der Waals surface area contributed by atoms with E-state index in [0.29, 0.717) is 0 Å². The summed E-state index contributed by atoms with van der Waals surface area (Å²) >= 11 is 0. The van der Waals surface area contributed by atoms with Crippen molar-refractivity contribution in [3.8, 4) is 0 Å². The average molecular weight is 246 g/mol.